The van der Waals surface area contributed by atoms with E-state index in [0.717, 1.165) is 16.8 Å². The van der Waals surface area contributed by atoms with Crippen molar-refractivity contribution in [2.45, 2.75) is 13.1 Å². The van der Waals surface area contributed by atoms with Crippen molar-refractivity contribution in [2.75, 3.05) is 19.5 Å². The van der Waals surface area contributed by atoms with Gasteiger partial charge in [-0.2, -0.15) is 0 Å². The van der Waals surface area contributed by atoms with Crippen LogP contribution in [0, 0.1) is 0 Å². The molecular weight excluding hydrogens is 441 g/mol. The van der Waals surface area contributed by atoms with Crippen LogP contribution >= 0.6 is 35.4 Å². The fourth-order valence-electron chi connectivity index (χ4n) is 2.88. The number of ether oxygens (including phenoxy) is 2. The van der Waals surface area contributed by atoms with Crippen molar-refractivity contribution in [1.82, 2.24) is 9.88 Å². The van der Waals surface area contributed by atoms with Crippen LogP contribution in [0.4, 0.5) is 5.69 Å². The van der Waals surface area contributed by atoms with Crippen LogP contribution in [-0.4, -0.2) is 29.2 Å². The molecule has 0 saturated carbocycles. The number of benzene rings is 2. The van der Waals surface area contributed by atoms with Crippen LogP contribution in [0.2, 0.25) is 10.0 Å². The molecular formula is C22H21Cl2N3O2S. The molecule has 8 heteroatoms. The Morgan fingerprint density at radius 3 is 2.43 bits per heavy atom. The van der Waals surface area contributed by atoms with Crippen molar-refractivity contribution in [1.29, 1.82) is 0 Å². The molecule has 1 heterocycles. The molecule has 0 radical (unpaired) electrons. The highest BCUT2D eigenvalue weighted by atomic mass is 35.5. The number of anilines is 1. The summed E-state index contributed by atoms with van der Waals surface area (Å²) in [6.07, 6.45) is 3.54. The summed E-state index contributed by atoms with van der Waals surface area (Å²) in [5.41, 5.74) is 2.53. The summed E-state index contributed by atoms with van der Waals surface area (Å²) < 4.78 is 10.7. The van der Waals surface area contributed by atoms with Gasteiger partial charge in [-0.05, 0) is 48.1 Å². The second kappa shape index (κ2) is 10.5. The van der Waals surface area contributed by atoms with Gasteiger partial charge in [0.2, 0.25) is 0 Å². The first kappa shape index (κ1) is 22.2. The maximum absolute atomic E-state index is 6.40. The fraction of sp³-hybridized carbons (Fsp3) is 0.182. The largest absolute Gasteiger partial charge is 0.497 e. The van der Waals surface area contributed by atoms with Gasteiger partial charge in [0.15, 0.2) is 5.11 Å². The van der Waals surface area contributed by atoms with Gasteiger partial charge in [0.1, 0.15) is 11.5 Å². The van der Waals surface area contributed by atoms with Crippen molar-refractivity contribution in [3.05, 3.63) is 82.1 Å². The lowest BCUT2D eigenvalue weighted by Gasteiger charge is -2.27. The summed E-state index contributed by atoms with van der Waals surface area (Å²) in [6, 6.07) is 14.8. The Labute approximate surface area is 191 Å². The van der Waals surface area contributed by atoms with E-state index >= 15 is 0 Å². The van der Waals surface area contributed by atoms with Gasteiger partial charge >= 0.3 is 0 Å². The van der Waals surface area contributed by atoms with E-state index in [4.69, 9.17) is 44.9 Å². The first-order valence-corrected chi connectivity index (χ1v) is 10.3. The molecule has 0 aliphatic carbocycles. The summed E-state index contributed by atoms with van der Waals surface area (Å²) >= 11 is 18.5. The standard InChI is InChI=1S/C22H21Cl2N3O2S/c1-28-16-8-9-20(21(11-16)29-2)26-22(30)27(13-15-5-4-10-25-12-15)14-17-18(23)6-3-7-19(17)24/h3-12H,13-14H2,1-2H3,(H,26,30). The van der Waals surface area contributed by atoms with Crippen LogP contribution in [0.3, 0.4) is 0 Å². The predicted molar refractivity (Wildman–Crippen MR) is 126 cm³/mol. The zero-order valence-electron chi connectivity index (χ0n) is 16.6. The molecule has 3 rings (SSSR count). The van der Waals surface area contributed by atoms with E-state index in [9.17, 15) is 0 Å². The zero-order chi connectivity index (χ0) is 21.5. The van der Waals surface area contributed by atoms with Gasteiger partial charge in [-0.15, -0.1) is 0 Å². The van der Waals surface area contributed by atoms with Crippen LogP contribution in [-0.2, 0) is 13.1 Å². The molecule has 1 N–H and O–H groups in total. The molecule has 1 aromatic heterocycles. The third kappa shape index (κ3) is 5.53. The van der Waals surface area contributed by atoms with E-state index in [2.05, 4.69) is 10.3 Å². The van der Waals surface area contributed by atoms with Crippen LogP contribution in [0.25, 0.3) is 0 Å². The van der Waals surface area contributed by atoms with Crippen molar-refractivity contribution < 1.29 is 9.47 Å². The summed E-state index contributed by atoms with van der Waals surface area (Å²) in [7, 11) is 3.20. The normalized spacial score (nSPS) is 10.4. The maximum Gasteiger partial charge on any atom is 0.174 e. The van der Waals surface area contributed by atoms with Crippen molar-refractivity contribution in [3.63, 3.8) is 0 Å². The molecule has 30 heavy (non-hydrogen) atoms. The van der Waals surface area contributed by atoms with E-state index in [-0.39, 0.29) is 0 Å². The smallest absolute Gasteiger partial charge is 0.174 e. The van der Waals surface area contributed by atoms with Gasteiger partial charge in [0, 0.05) is 47.2 Å². The number of aromatic nitrogens is 1. The number of nitrogens with one attached hydrogen (secondary N) is 1. The fourth-order valence-corrected chi connectivity index (χ4v) is 3.64. The number of rotatable bonds is 7. The predicted octanol–water partition coefficient (Wildman–Crippen LogP) is 5.80. The van der Waals surface area contributed by atoms with Gasteiger partial charge < -0.3 is 19.7 Å². The molecule has 3 aromatic rings. The molecule has 0 saturated heterocycles. The Morgan fingerprint density at radius 2 is 1.80 bits per heavy atom. The third-order valence-corrected chi connectivity index (χ3v) is 5.51. The Kier molecular flexibility index (Phi) is 7.74. The van der Waals surface area contributed by atoms with Gasteiger partial charge in [-0.3, -0.25) is 4.98 Å². The highest BCUT2D eigenvalue weighted by Crippen LogP contribution is 2.30. The molecule has 5 nitrogen and oxygen atoms in total. The van der Waals surface area contributed by atoms with Gasteiger partial charge in [0.25, 0.3) is 0 Å². The lowest BCUT2D eigenvalue weighted by Crippen LogP contribution is -2.34. The SMILES string of the molecule is COc1ccc(NC(=S)N(Cc2cccnc2)Cc2c(Cl)cccc2Cl)c(OC)c1. The number of pyridine rings is 1. The number of halogens is 2. The molecule has 0 fully saturated rings. The molecule has 0 spiro atoms. The lowest BCUT2D eigenvalue weighted by molar-refractivity contribution is 0.394. The topological polar surface area (TPSA) is 46.6 Å². The van der Waals surface area contributed by atoms with Crippen molar-refractivity contribution in [3.8, 4) is 11.5 Å². The van der Waals surface area contributed by atoms with E-state index in [1.165, 1.54) is 0 Å². The molecule has 2 aromatic carbocycles. The minimum atomic E-state index is 0.428. The Balaban J connectivity index is 1.88. The summed E-state index contributed by atoms with van der Waals surface area (Å²) in [6.45, 7) is 0.956. The molecule has 156 valence electrons. The highest BCUT2D eigenvalue weighted by molar-refractivity contribution is 7.80. The number of hydrogen-bond acceptors (Lipinski definition) is 4. The number of thiocarbonyl (C=S) groups is 1. The average molecular weight is 462 g/mol. The van der Waals surface area contributed by atoms with Crippen LogP contribution in [0.15, 0.2) is 60.9 Å². The lowest BCUT2D eigenvalue weighted by atomic mass is 10.2. The Bertz CT molecular complexity index is 998. The van der Waals surface area contributed by atoms with Crippen LogP contribution in [0.1, 0.15) is 11.1 Å². The minimum absolute atomic E-state index is 0.428. The van der Waals surface area contributed by atoms with Crippen molar-refractivity contribution in [2.24, 2.45) is 0 Å². The Hall–Kier alpha value is -2.54. The Morgan fingerprint density at radius 1 is 1.03 bits per heavy atom. The monoisotopic (exact) mass is 461 g/mol. The quantitative estimate of drug-likeness (QED) is 0.448. The molecule has 0 aliphatic heterocycles. The van der Waals surface area contributed by atoms with E-state index < -0.39 is 0 Å². The van der Waals surface area contributed by atoms with Crippen molar-refractivity contribution >= 4 is 46.2 Å². The number of methoxy groups -OCH3 is 2. The average Bonchev–Trinajstić information content (AvgIpc) is 2.76. The van der Waals surface area contributed by atoms with Gasteiger partial charge in [-0.1, -0.05) is 35.3 Å². The number of hydrogen-bond donors (Lipinski definition) is 1. The summed E-state index contributed by atoms with van der Waals surface area (Å²) in [5, 5.41) is 4.93. The van der Waals surface area contributed by atoms with E-state index in [1.54, 1.807) is 32.7 Å². The van der Waals surface area contributed by atoms with Crippen LogP contribution in [0.5, 0.6) is 11.5 Å². The second-order valence-corrected chi connectivity index (χ2v) is 7.62. The molecule has 0 aliphatic rings. The third-order valence-electron chi connectivity index (χ3n) is 4.44. The highest BCUT2D eigenvalue weighted by Gasteiger charge is 2.17. The molecule has 0 bridgehead atoms. The number of nitrogens with zero attached hydrogens (tertiary/aromatic N) is 2. The first-order chi connectivity index (χ1) is 14.5. The minimum Gasteiger partial charge on any atom is -0.497 e. The van der Waals surface area contributed by atoms with E-state index in [0.29, 0.717) is 39.7 Å². The van der Waals surface area contributed by atoms with Gasteiger partial charge in [-0.25, -0.2) is 0 Å². The maximum atomic E-state index is 6.40. The van der Waals surface area contributed by atoms with Crippen LogP contribution < -0.4 is 14.8 Å². The zero-order valence-corrected chi connectivity index (χ0v) is 18.9. The summed E-state index contributed by atoms with van der Waals surface area (Å²) in [5.74, 6) is 1.31. The summed E-state index contributed by atoms with van der Waals surface area (Å²) in [4.78, 5) is 6.17. The first-order valence-electron chi connectivity index (χ1n) is 9.11. The molecule has 0 atom stereocenters. The molecule has 0 unspecified atom stereocenters. The van der Waals surface area contributed by atoms with E-state index in [1.807, 2.05) is 47.4 Å². The molecule has 0 amide bonds. The second-order valence-electron chi connectivity index (χ2n) is 6.41. The van der Waals surface area contributed by atoms with Gasteiger partial charge in [0.05, 0.1) is 19.9 Å².